The molecule has 18 heavy (non-hydrogen) atoms. The number of carbonyl (C=O) groups excluding carboxylic acids is 1. The van der Waals surface area contributed by atoms with E-state index in [0.29, 0.717) is 16.7 Å². The van der Waals surface area contributed by atoms with E-state index in [2.05, 4.69) is 9.97 Å². The number of fused-ring (bicyclic) bond motifs is 1. The summed E-state index contributed by atoms with van der Waals surface area (Å²) in [4.78, 5) is 19.2. The third-order valence-electron chi connectivity index (χ3n) is 3.12. The van der Waals surface area contributed by atoms with Gasteiger partial charge in [0.05, 0.1) is 11.1 Å². The SMILES string of the molecule is CCC(CC)n1c(O)nc2ncc(C(N)=O)cc21. The van der Waals surface area contributed by atoms with Gasteiger partial charge >= 0.3 is 0 Å². The summed E-state index contributed by atoms with van der Waals surface area (Å²) in [5.41, 5.74) is 6.60. The summed E-state index contributed by atoms with van der Waals surface area (Å²) in [6, 6.07) is 1.67. The Morgan fingerprint density at radius 1 is 1.50 bits per heavy atom. The highest BCUT2D eigenvalue weighted by Crippen LogP contribution is 2.28. The van der Waals surface area contributed by atoms with Gasteiger partial charge in [0.2, 0.25) is 5.91 Å². The first kappa shape index (κ1) is 12.3. The van der Waals surface area contributed by atoms with Crippen molar-refractivity contribution in [2.45, 2.75) is 32.7 Å². The number of hydrogen-bond donors (Lipinski definition) is 2. The molecule has 0 saturated heterocycles. The number of hydrogen-bond acceptors (Lipinski definition) is 4. The molecule has 0 fully saturated rings. The Kier molecular flexibility index (Phi) is 3.18. The summed E-state index contributed by atoms with van der Waals surface area (Å²) in [5.74, 6) is -0.541. The number of imidazole rings is 1. The highest BCUT2D eigenvalue weighted by molar-refractivity contribution is 5.95. The van der Waals surface area contributed by atoms with Gasteiger partial charge in [-0.05, 0) is 18.9 Å². The molecule has 0 aromatic carbocycles. The molecular weight excluding hydrogens is 232 g/mol. The van der Waals surface area contributed by atoms with Gasteiger partial charge in [-0.3, -0.25) is 9.36 Å². The lowest BCUT2D eigenvalue weighted by Crippen LogP contribution is -2.12. The van der Waals surface area contributed by atoms with Crippen LogP contribution in [0.25, 0.3) is 11.2 Å². The van der Waals surface area contributed by atoms with Crippen LogP contribution in [-0.4, -0.2) is 25.5 Å². The van der Waals surface area contributed by atoms with Crippen LogP contribution >= 0.6 is 0 Å². The minimum atomic E-state index is -0.541. The van der Waals surface area contributed by atoms with Gasteiger partial charge in [-0.1, -0.05) is 13.8 Å². The molecule has 3 N–H and O–H groups in total. The summed E-state index contributed by atoms with van der Waals surface area (Å²) in [5, 5.41) is 9.89. The van der Waals surface area contributed by atoms with Crippen molar-refractivity contribution in [2.24, 2.45) is 5.73 Å². The average molecular weight is 248 g/mol. The average Bonchev–Trinajstić information content (AvgIpc) is 2.67. The molecule has 0 aliphatic carbocycles. The predicted octanol–water partition coefficient (Wildman–Crippen LogP) is 1.60. The van der Waals surface area contributed by atoms with E-state index in [9.17, 15) is 9.90 Å². The summed E-state index contributed by atoms with van der Waals surface area (Å²) in [6.45, 7) is 4.07. The van der Waals surface area contributed by atoms with Crippen molar-refractivity contribution in [1.29, 1.82) is 0 Å². The van der Waals surface area contributed by atoms with Crippen molar-refractivity contribution in [1.82, 2.24) is 14.5 Å². The number of amides is 1. The zero-order valence-electron chi connectivity index (χ0n) is 10.4. The minimum Gasteiger partial charge on any atom is -0.480 e. The molecule has 0 atom stereocenters. The first-order valence-electron chi connectivity index (χ1n) is 5.95. The van der Waals surface area contributed by atoms with Crippen LogP contribution in [0.15, 0.2) is 12.3 Å². The van der Waals surface area contributed by atoms with Gasteiger partial charge in [0.1, 0.15) is 0 Å². The number of pyridine rings is 1. The van der Waals surface area contributed by atoms with Crippen LogP contribution < -0.4 is 5.73 Å². The molecule has 0 radical (unpaired) electrons. The second-order valence-electron chi connectivity index (χ2n) is 4.18. The maximum absolute atomic E-state index is 11.2. The summed E-state index contributed by atoms with van der Waals surface area (Å²) in [6.07, 6.45) is 3.08. The third kappa shape index (κ3) is 1.90. The first-order valence-corrected chi connectivity index (χ1v) is 5.95. The fourth-order valence-corrected chi connectivity index (χ4v) is 2.11. The Balaban J connectivity index is 2.67. The van der Waals surface area contributed by atoms with Gasteiger partial charge in [-0.2, -0.15) is 4.98 Å². The molecule has 0 aliphatic heterocycles. The lowest BCUT2D eigenvalue weighted by Gasteiger charge is -2.15. The van der Waals surface area contributed by atoms with Gasteiger partial charge in [-0.15, -0.1) is 0 Å². The number of primary amides is 1. The van der Waals surface area contributed by atoms with Crippen molar-refractivity contribution < 1.29 is 9.90 Å². The van der Waals surface area contributed by atoms with Crippen LogP contribution in [0.1, 0.15) is 43.1 Å². The van der Waals surface area contributed by atoms with Crippen molar-refractivity contribution in [2.75, 3.05) is 0 Å². The number of aromatic hydroxyl groups is 1. The van der Waals surface area contributed by atoms with Crippen LogP contribution in [0.5, 0.6) is 6.01 Å². The highest BCUT2D eigenvalue weighted by Gasteiger charge is 2.18. The molecule has 0 aliphatic rings. The van der Waals surface area contributed by atoms with E-state index >= 15 is 0 Å². The lowest BCUT2D eigenvalue weighted by atomic mass is 10.1. The van der Waals surface area contributed by atoms with Gasteiger partial charge in [0.25, 0.3) is 6.01 Å². The Hall–Kier alpha value is -2.11. The number of nitrogens with two attached hydrogens (primary N) is 1. The van der Waals surface area contributed by atoms with Gasteiger partial charge in [-0.25, -0.2) is 4.98 Å². The maximum atomic E-state index is 11.2. The molecule has 6 heteroatoms. The molecule has 96 valence electrons. The van der Waals surface area contributed by atoms with Crippen LogP contribution in [-0.2, 0) is 0 Å². The molecule has 6 nitrogen and oxygen atoms in total. The van der Waals surface area contributed by atoms with Crippen LogP contribution in [0.4, 0.5) is 0 Å². The third-order valence-corrected chi connectivity index (χ3v) is 3.12. The number of nitrogens with zero attached hydrogens (tertiary/aromatic N) is 3. The fraction of sp³-hybridized carbons (Fsp3) is 0.417. The van der Waals surface area contributed by atoms with Crippen molar-refractivity contribution in [3.05, 3.63) is 17.8 Å². The van der Waals surface area contributed by atoms with Crippen molar-refractivity contribution in [3.63, 3.8) is 0 Å². The maximum Gasteiger partial charge on any atom is 0.296 e. The number of carbonyl (C=O) groups is 1. The molecular formula is C12H16N4O2. The Morgan fingerprint density at radius 3 is 2.72 bits per heavy atom. The van der Waals surface area contributed by atoms with E-state index in [1.54, 1.807) is 10.6 Å². The molecule has 1 amide bonds. The molecule has 2 rings (SSSR count). The van der Waals surface area contributed by atoms with E-state index in [0.717, 1.165) is 12.8 Å². The molecule has 2 heterocycles. The van der Waals surface area contributed by atoms with E-state index < -0.39 is 5.91 Å². The standard InChI is InChI=1S/C12H16N4O2/c1-3-8(4-2)16-9-5-7(10(13)17)6-14-11(9)15-12(16)18/h5-6,8H,3-4H2,1-2H3,(H2,13,17)(H,14,15,18). The van der Waals surface area contributed by atoms with Crippen molar-refractivity contribution >= 4 is 17.1 Å². The number of aromatic nitrogens is 3. The number of rotatable bonds is 4. The molecule has 0 saturated carbocycles. The first-order chi connectivity index (χ1) is 8.58. The quantitative estimate of drug-likeness (QED) is 0.859. The zero-order valence-corrected chi connectivity index (χ0v) is 10.4. The van der Waals surface area contributed by atoms with E-state index in [-0.39, 0.29) is 12.1 Å². The Bertz CT molecular complexity index is 587. The van der Waals surface area contributed by atoms with E-state index in [1.807, 2.05) is 13.8 Å². The second-order valence-corrected chi connectivity index (χ2v) is 4.18. The Labute approximate surface area is 104 Å². The van der Waals surface area contributed by atoms with Crippen molar-refractivity contribution in [3.8, 4) is 6.01 Å². The molecule has 0 unspecified atom stereocenters. The molecule has 2 aromatic heterocycles. The predicted molar refractivity (Wildman–Crippen MR) is 67.3 cm³/mol. The largest absolute Gasteiger partial charge is 0.480 e. The lowest BCUT2D eigenvalue weighted by molar-refractivity contribution is 0.1000. The fourth-order valence-electron chi connectivity index (χ4n) is 2.11. The topological polar surface area (TPSA) is 94.0 Å². The summed E-state index contributed by atoms with van der Waals surface area (Å²) >= 11 is 0. The molecule has 0 bridgehead atoms. The summed E-state index contributed by atoms with van der Waals surface area (Å²) < 4.78 is 1.70. The van der Waals surface area contributed by atoms with Gasteiger partial charge < -0.3 is 10.8 Å². The molecule has 2 aromatic rings. The van der Waals surface area contributed by atoms with Crippen LogP contribution in [0.2, 0.25) is 0 Å². The molecule has 0 spiro atoms. The zero-order chi connectivity index (χ0) is 13.3. The Morgan fingerprint density at radius 2 is 2.17 bits per heavy atom. The summed E-state index contributed by atoms with van der Waals surface area (Å²) in [7, 11) is 0. The normalized spacial score (nSPS) is 11.3. The van der Waals surface area contributed by atoms with Gasteiger partial charge in [0, 0.05) is 12.2 Å². The van der Waals surface area contributed by atoms with E-state index in [1.165, 1.54) is 6.20 Å². The van der Waals surface area contributed by atoms with E-state index in [4.69, 9.17) is 5.73 Å². The monoisotopic (exact) mass is 248 g/mol. The van der Waals surface area contributed by atoms with Gasteiger partial charge in [0.15, 0.2) is 5.65 Å². The minimum absolute atomic E-state index is 0.0761. The van der Waals surface area contributed by atoms with Crippen LogP contribution in [0, 0.1) is 0 Å². The second kappa shape index (κ2) is 4.64. The highest BCUT2D eigenvalue weighted by atomic mass is 16.3. The smallest absolute Gasteiger partial charge is 0.296 e. The van der Waals surface area contributed by atoms with Crippen LogP contribution in [0.3, 0.4) is 0 Å².